The van der Waals surface area contributed by atoms with Gasteiger partial charge in [0.15, 0.2) is 0 Å². The highest BCUT2D eigenvalue weighted by atomic mass is 79.9. The van der Waals surface area contributed by atoms with E-state index in [0.29, 0.717) is 11.0 Å². The second-order valence-corrected chi connectivity index (χ2v) is 5.62. The molecule has 0 aliphatic heterocycles. The van der Waals surface area contributed by atoms with Gasteiger partial charge >= 0.3 is 0 Å². The molecule has 0 amide bonds. The van der Waals surface area contributed by atoms with Gasteiger partial charge in [-0.15, -0.1) is 0 Å². The molecule has 2 aromatic carbocycles. The molecule has 0 aromatic heterocycles. The Morgan fingerprint density at radius 2 is 1.84 bits per heavy atom. The van der Waals surface area contributed by atoms with Gasteiger partial charge in [-0.3, -0.25) is 0 Å². The predicted octanol–water partition coefficient (Wildman–Crippen LogP) is 4.75. The summed E-state index contributed by atoms with van der Waals surface area (Å²) in [5.41, 5.74) is 3.44. The lowest BCUT2D eigenvalue weighted by Crippen LogP contribution is -2.18. The molecule has 0 fully saturated rings. The maximum atomic E-state index is 13.4. The highest BCUT2D eigenvalue weighted by Crippen LogP contribution is 2.18. The smallest absolute Gasteiger partial charge is 0.137 e. The topological polar surface area (TPSA) is 12.0 Å². The van der Waals surface area contributed by atoms with E-state index in [2.05, 4.69) is 59.4 Å². The Bertz CT molecular complexity index is 551. The van der Waals surface area contributed by atoms with E-state index in [4.69, 9.17) is 0 Å². The Morgan fingerprint density at radius 1 is 1.16 bits per heavy atom. The lowest BCUT2D eigenvalue weighted by molar-refractivity contribution is 0.568. The number of rotatable bonds is 4. The van der Waals surface area contributed by atoms with Crippen molar-refractivity contribution in [3.05, 3.63) is 69.4 Å². The van der Waals surface area contributed by atoms with E-state index in [-0.39, 0.29) is 11.9 Å². The normalized spacial score (nSPS) is 12.4. The predicted molar refractivity (Wildman–Crippen MR) is 80.5 cm³/mol. The SMILES string of the molecule is Cc1ccc([C@H](C)NCc2ccc(Br)c(F)c2)cc1. The van der Waals surface area contributed by atoms with Crippen LogP contribution in [0.2, 0.25) is 0 Å². The second kappa shape index (κ2) is 6.31. The standard InChI is InChI=1S/C16H17BrFN/c1-11-3-6-14(7-4-11)12(2)19-10-13-5-8-15(17)16(18)9-13/h3-9,12,19H,10H2,1-2H3/t12-/m0/s1. The van der Waals surface area contributed by atoms with Gasteiger partial charge in [0.25, 0.3) is 0 Å². The van der Waals surface area contributed by atoms with Crippen LogP contribution in [0.15, 0.2) is 46.9 Å². The molecule has 0 radical (unpaired) electrons. The summed E-state index contributed by atoms with van der Waals surface area (Å²) in [7, 11) is 0. The van der Waals surface area contributed by atoms with E-state index in [1.165, 1.54) is 11.1 Å². The van der Waals surface area contributed by atoms with E-state index in [9.17, 15) is 4.39 Å². The minimum atomic E-state index is -0.220. The molecule has 100 valence electrons. The van der Waals surface area contributed by atoms with Crippen LogP contribution in [-0.4, -0.2) is 0 Å². The van der Waals surface area contributed by atoms with Crippen molar-refractivity contribution < 1.29 is 4.39 Å². The van der Waals surface area contributed by atoms with E-state index >= 15 is 0 Å². The second-order valence-electron chi connectivity index (χ2n) is 4.76. The number of benzene rings is 2. The van der Waals surface area contributed by atoms with E-state index in [0.717, 1.165) is 5.56 Å². The average Bonchev–Trinajstić information content (AvgIpc) is 2.40. The largest absolute Gasteiger partial charge is 0.306 e. The number of aryl methyl sites for hydroxylation is 1. The van der Waals surface area contributed by atoms with Crippen LogP contribution in [0.4, 0.5) is 4.39 Å². The molecule has 1 nitrogen and oxygen atoms in total. The molecule has 0 unspecified atom stereocenters. The van der Waals surface area contributed by atoms with Crippen molar-refractivity contribution in [2.75, 3.05) is 0 Å². The van der Waals surface area contributed by atoms with Gasteiger partial charge in [-0.1, -0.05) is 35.9 Å². The van der Waals surface area contributed by atoms with Crippen LogP contribution in [0, 0.1) is 12.7 Å². The molecule has 0 spiro atoms. The Hall–Kier alpha value is -1.19. The molecule has 0 aliphatic rings. The Balaban J connectivity index is 1.98. The lowest BCUT2D eigenvalue weighted by atomic mass is 10.1. The Morgan fingerprint density at radius 3 is 2.47 bits per heavy atom. The first kappa shape index (κ1) is 14.2. The summed E-state index contributed by atoms with van der Waals surface area (Å²) < 4.78 is 13.9. The Labute approximate surface area is 122 Å². The third-order valence-corrected chi connectivity index (χ3v) is 3.82. The van der Waals surface area contributed by atoms with Crippen LogP contribution in [-0.2, 0) is 6.54 Å². The molecule has 1 atom stereocenters. The third kappa shape index (κ3) is 3.88. The quantitative estimate of drug-likeness (QED) is 0.857. The van der Waals surface area contributed by atoms with Crippen LogP contribution in [0.3, 0.4) is 0 Å². The van der Waals surface area contributed by atoms with Gasteiger partial charge in [0, 0.05) is 12.6 Å². The van der Waals surface area contributed by atoms with Gasteiger partial charge < -0.3 is 5.32 Å². The van der Waals surface area contributed by atoms with Crippen LogP contribution in [0.25, 0.3) is 0 Å². The van der Waals surface area contributed by atoms with Crippen LogP contribution >= 0.6 is 15.9 Å². The maximum Gasteiger partial charge on any atom is 0.137 e. The van der Waals surface area contributed by atoms with E-state index in [1.807, 2.05) is 6.07 Å². The van der Waals surface area contributed by atoms with Gasteiger partial charge in [-0.25, -0.2) is 4.39 Å². The first-order valence-corrected chi connectivity index (χ1v) is 7.09. The highest BCUT2D eigenvalue weighted by molar-refractivity contribution is 9.10. The number of halogens is 2. The zero-order valence-electron chi connectivity index (χ0n) is 11.1. The highest BCUT2D eigenvalue weighted by Gasteiger charge is 2.05. The minimum Gasteiger partial charge on any atom is -0.306 e. The Kier molecular flexibility index (Phi) is 4.72. The maximum absolute atomic E-state index is 13.4. The van der Waals surface area contributed by atoms with E-state index in [1.54, 1.807) is 12.1 Å². The summed E-state index contributed by atoms with van der Waals surface area (Å²) in [5, 5.41) is 3.40. The van der Waals surface area contributed by atoms with Crippen molar-refractivity contribution in [3.63, 3.8) is 0 Å². The molecule has 19 heavy (non-hydrogen) atoms. The molecule has 0 bridgehead atoms. The fourth-order valence-corrected chi connectivity index (χ4v) is 2.14. The van der Waals surface area contributed by atoms with Crippen molar-refractivity contribution in [2.24, 2.45) is 0 Å². The summed E-state index contributed by atoms with van der Waals surface area (Å²) in [5.74, 6) is -0.220. The molecule has 0 saturated carbocycles. The van der Waals surface area contributed by atoms with Crippen molar-refractivity contribution in [3.8, 4) is 0 Å². The monoisotopic (exact) mass is 321 g/mol. The fourth-order valence-electron chi connectivity index (χ4n) is 1.89. The first-order chi connectivity index (χ1) is 9.06. The van der Waals surface area contributed by atoms with E-state index < -0.39 is 0 Å². The first-order valence-electron chi connectivity index (χ1n) is 6.30. The molecule has 0 aliphatic carbocycles. The van der Waals surface area contributed by atoms with Gasteiger partial charge in [-0.2, -0.15) is 0 Å². The van der Waals surface area contributed by atoms with Crippen molar-refractivity contribution in [1.29, 1.82) is 0 Å². The van der Waals surface area contributed by atoms with Crippen LogP contribution in [0.5, 0.6) is 0 Å². The van der Waals surface area contributed by atoms with Gasteiger partial charge in [0.05, 0.1) is 4.47 Å². The van der Waals surface area contributed by atoms with Crippen LogP contribution in [0.1, 0.15) is 29.7 Å². The summed E-state index contributed by atoms with van der Waals surface area (Å²) in [6.45, 7) is 4.84. The zero-order valence-corrected chi connectivity index (χ0v) is 12.7. The zero-order chi connectivity index (χ0) is 13.8. The van der Waals surface area contributed by atoms with Gasteiger partial charge in [0.1, 0.15) is 5.82 Å². The lowest BCUT2D eigenvalue weighted by Gasteiger charge is -2.14. The molecule has 2 rings (SSSR count). The summed E-state index contributed by atoms with van der Waals surface area (Å²) in [4.78, 5) is 0. The summed E-state index contributed by atoms with van der Waals surface area (Å²) in [6, 6.07) is 13.9. The summed E-state index contributed by atoms with van der Waals surface area (Å²) >= 11 is 3.16. The molecular weight excluding hydrogens is 305 g/mol. The fraction of sp³-hybridized carbons (Fsp3) is 0.250. The number of hydrogen-bond acceptors (Lipinski definition) is 1. The number of hydrogen-bond donors (Lipinski definition) is 1. The molecule has 0 saturated heterocycles. The molecule has 0 heterocycles. The molecule has 2 aromatic rings. The van der Waals surface area contributed by atoms with Crippen LogP contribution < -0.4 is 5.32 Å². The summed E-state index contributed by atoms with van der Waals surface area (Å²) in [6.07, 6.45) is 0. The third-order valence-electron chi connectivity index (χ3n) is 3.17. The average molecular weight is 322 g/mol. The van der Waals surface area contributed by atoms with Crippen molar-refractivity contribution in [1.82, 2.24) is 5.32 Å². The van der Waals surface area contributed by atoms with Gasteiger partial charge in [0.2, 0.25) is 0 Å². The molecule has 3 heteroatoms. The molecular formula is C16H17BrFN. The van der Waals surface area contributed by atoms with Crippen molar-refractivity contribution in [2.45, 2.75) is 26.4 Å². The van der Waals surface area contributed by atoms with Crippen molar-refractivity contribution >= 4 is 15.9 Å². The van der Waals surface area contributed by atoms with Gasteiger partial charge in [-0.05, 0) is 53.0 Å². The minimum absolute atomic E-state index is 0.220. The molecule has 1 N–H and O–H groups in total. The number of nitrogens with one attached hydrogen (secondary N) is 1.